The molecule has 3 atom stereocenters. The molecule has 0 amide bonds. The minimum atomic E-state index is -3.48. The Balaban J connectivity index is 1.79. The molecule has 2 N–H and O–H groups in total. The molecule has 2 aromatic carbocycles. The maximum absolute atomic E-state index is 12.7. The monoisotopic (exact) mass is 424 g/mol. The average Bonchev–Trinajstić information content (AvgIpc) is 3.21. The first-order valence-corrected chi connectivity index (χ1v) is 12.4. The van der Waals surface area contributed by atoms with Crippen molar-refractivity contribution in [1.29, 1.82) is 0 Å². The van der Waals surface area contributed by atoms with Crippen LogP contribution in [0, 0.1) is 33.6 Å². The summed E-state index contributed by atoms with van der Waals surface area (Å²) in [6.07, 6.45) is 6.29. The lowest BCUT2D eigenvalue weighted by Crippen LogP contribution is -2.31. The summed E-state index contributed by atoms with van der Waals surface area (Å²) in [4.78, 5) is 0.354. The Morgan fingerprint density at radius 2 is 1.77 bits per heavy atom. The van der Waals surface area contributed by atoms with Gasteiger partial charge in [-0.2, -0.15) is 0 Å². The number of anilines is 1. The minimum Gasteiger partial charge on any atom is -0.378 e. The molecule has 0 saturated carbocycles. The smallest absolute Gasteiger partial charge is 0.240 e. The van der Waals surface area contributed by atoms with Gasteiger partial charge in [0.05, 0.1) is 10.9 Å². The van der Waals surface area contributed by atoms with Crippen LogP contribution >= 0.6 is 0 Å². The Morgan fingerprint density at radius 1 is 1.07 bits per heavy atom. The molecule has 160 valence electrons. The van der Waals surface area contributed by atoms with Gasteiger partial charge in [-0.05, 0) is 98.0 Å². The predicted octanol–water partition coefficient (Wildman–Crippen LogP) is 5.44. The highest BCUT2D eigenvalue weighted by molar-refractivity contribution is 7.89. The maximum atomic E-state index is 12.7. The number of rotatable bonds is 5. The highest BCUT2D eigenvalue weighted by Gasteiger charge is 2.39. The quantitative estimate of drug-likeness (QED) is 0.629. The van der Waals surface area contributed by atoms with Crippen molar-refractivity contribution in [2.24, 2.45) is 5.92 Å². The van der Waals surface area contributed by atoms with Crippen LogP contribution in [-0.4, -0.2) is 15.0 Å². The molecule has 1 aliphatic carbocycles. The fourth-order valence-corrected chi connectivity index (χ4v) is 6.23. The molecule has 30 heavy (non-hydrogen) atoms. The van der Waals surface area contributed by atoms with Crippen LogP contribution in [0.25, 0.3) is 0 Å². The Bertz CT molecular complexity index is 1090. The summed E-state index contributed by atoms with van der Waals surface area (Å²) >= 11 is 0. The molecule has 0 bridgehead atoms. The molecule has 4 nitrogen and oxygen atoms in total. The molecule has 5 heteroatoms. The van der Waals surface area contributed by atoms with Crippen molar-refractivity contribution in [2.45, 2.75) is 64.3 Å². The van der Waals surface area contributed by atoms with E-state index in [4.69, 9.17) is 0 Å². The first-order chi connectivity index (χ1) is 14.2. The van der Waals surface area contributed by atoms with Gasteiger partial charge in [0, 0.05) is 18.2 Å². The van der Waals surface area contributed by atoms with Gasteiger partial charge in [0.15, 0.2) is 0 Å². The fourth-order valence-electron chi connectivity index (χ4n) is 5.06. The SMILES string of the molecule is CCCNS(=O)(=O)c1ccc2c(c1)C1C=CCC1C(c1c(C)c(C)cc(C)c1C)N2. The second-order valence-electron chi connectivity index (χ2n) is 8.80. The van der Waals surface area contributed by atoms with Gasteiger partial charge < -0.3 is 5.32 Å². The second kappa shape index (κ2) is 7.86. The van der Waals surface area contributed by atoms with E-state index >= 15 is 0 Å². The van der Waals surface area contributed by atoms with Crippen LogP contribution in [0.1, 0.15) is 65.1 Å². The Kier molecular flexibility index (Phi) is 5.54. The molecular weight excluding hydrogens is 392 g/mol. The highest BCUT2D eigenvalue weighted by atomic mass is 32.2. The van der Waals surface area contributed by atoms with Crippen LogP contribution in [0.15, 0.2) is 41.3 Å². The number of aryl methyl sites for hydroxylation is 2. The van der Waals surface area contributed by atoms with Gasteiger partial charge in [-0.15, -0.1) is 0 Å². The first kappa shape index (κ1) is 21.1. The second-order valence-corrected chi connectivity index (χ2v) is 10.6. The molecule has 0 fully saturated rings. The minimum absolute atomic E-state index is 0.219. The molecule has 0 aromatic heterocycles. The van der Waals surface area contributed by atoms with Crippen molar-refractivity contribution < 1.29 is 8.42 Å². The highest BCUT2D eigenvalue weighted by Crippen LogP contribution is 2.51. The van der Waals surface area contributed by atoms with E-state index in [2.05, 4.69) is 56.0 Å². The van der Waals surface area contributed by atoms with Crippen molar-refractivity contribution in [3.63, 3.8) is 0 Å². The number of hydrogen-bond donors (Lipinski definition) is 2. The van der Waals surface area contributed by atoms with Gasteiger partial charge in [-0.25, -0.2) is 13.1 Å². The lowest BCUT2D eigenvalue weighted by molar-refractivity contribution is 0.422. The standard InChI is InChI=1S/C25H32N2O2S/c1-6-12-26-30(28,29)19-10-11-23-22(14-19)20-8-7-9-21(20)25(27-23)24-17(4)15(2)13-16(3)18(24)5/h7-8,10-11,13-14,20-21,25-27H,6,9,12H2,1-5H3. The number of benzene rings is 2. The zero-order valence-corrected chi connectivity index (χ0v) is 19.4. The van der Waals surface area contributed by atoms with Crippen LogP contribution in [0.2, 0.25) is 0 Å². The number of sulfonamides is 1. The summed E-state index contributed by atoms with van der Waals surface area (Å²) in [5.74, 6) is 0.616. The summed E-state index contributed by atoms with van der Waals surface area (Å²) in [6.45, 7) is 11.2. The third-order valence-electron chi connectivity index (χ3n) is 6.92. The summed E-state index contributed by atoms with van der Waals surface area (Å²) in [7, 11) is -3.48. The lowest BCUT2D eigenvalue weighted by atomic mass is 9.74. The topological polar surface area (TPSA) is 58.2 Å². The summed E-state index contributed by atoms with van der Waals surface area (Å²) in [6, 6.07) is 8.03. The van der Waals surface area contributed by atoms with E-state index in [9.17, 15) is 8.42 Å². The van der Waals surface area contributed by atoms with E-state index in [1.807, 2.05) is 19.1 Å². The molecule has 0 saturated heterocycles. The van der Waals surface area contributed by atoms with Crippen molar-refractivity contribution in [3.05, 3.63) is 69.8 Å². The zero-order chi connectivity index (χ0) is 21.6. The van der Waals surface area contributed by atoms with E-state index in [0.29, 0.717) is 17.4 Å². The Labute approximate surface area is 180 Å². The van der Waals surface area contributed by atoms with Gasteiger partial charge in [-0.3, -0.25) is 0 Å². The number of hydrogen-bond acceptors (Lipinski definition) is 3. The van der Waals surface area contributed by atoms with E-state index in [0.717, 1.165) is 24.1 Å². The number of nitrogens with one attached hydrogen (secondary N) is 2. The normalized spacial score (nSPS) is 22.5. The number of fused-ring (bicyclic) bond motifs is 3. The average molecular weight is 425 g/mol. The van der Waals surface area contributed by atoms with E-state index < -0.39 is 10.0 Å². The van der Waals surface area contributed by atoms with Gasteiger partial charge in [-0.1, -0.05) is 25.1 Å². The third-order valence-corrected chi connectivity index (χ3v) is 8.38. The van der Waals surface area contributed by atoms with Crippen LogP contribution in [0.5, 0.6) is 0 Å². The third kappa shape index (κ3) is 3.48. The Morgan fingerprint density at radius 3 is 2.43 bits per heavy atom. The van der Waals surface area contributed by atoms with Gasteiger partial charge in [0.1, 0.15) is 0 Å². The maximum Gasteiger partial charge on any atom is 0.240 e. The van der Waals surface area contributed by atoms with Gasteiger partial charge in [0.2, 0.25) is 10.0 Å². The van der Waals surface area contributed by atoms with Gasteiger partial charge in [0.25, 0.3) is 0 Å². The van der Waals surface area contributed by atoms with Crippen molar-refractivity contribution in [1.82, 2.24) is 4.72 Å². The molecule has 2 aliphatic rings. The lowest BCUT2D eigenvalue weighted by Gasteiger charge is -2.39. The molecule has 3 unspecified atom stereocenters. The van der Waals surface area contributed by atoms with Crippen molar-refractivity contribution >= 4 is 15.7 Å². The molecule has 1 heterocycles. The Hall–Kier alpha value is -2.11. The van der Waals surface area contributed by atoms with Crippen molar-refractivity contribution in [3.8, 4) is 0 Å². The first-order valence-electron chi connectivity index (χ1n) is 10.9. The van der Waals surface area contributed by atoms with E-state index in [1.165, 1.54) is 27.8 Å². The predicted molar refractivity (Wildman–Crippen MR) is 124 cm³/mol. The largest absolute Gasteiger partial charge is 0.378 e. The molecule has 2 aromatic rings. The van der Waals surface area contributed by atoms with Crippen molar-refractivity contribution in [2.75, 3.05) is 11.9 Å². The van der Waals surface area contributed by atoms with Crippen LogP contribution in [-0.2, 0) is 10.0 Å². The fraction of sp³-hybridized carbons (Fsp3) is 0.440. The summed E-state index contributed by atoms with van der Waals surface area (Å²) < 4.78 is 28.0. The van der Waals surface area contributed by atoms with Crippen LogP contribution in [0.3, 0.4) is 0 Å². The molecule has 1 aliphatic heterocycles. The summed E-state index contributed by atoms with van der Waals surface area (Å²) in [5, 5.41) is 3.79. The zero-order valence-electron chi connectivity index (χ0n) is 18.5. The molecule has 0 radical (unpaired) electrons. The molecular formula is C25H32N2O2S. The number of allylic oxidation sites excluding steroid dienone is 2. The van der Waals surface area contributed by atoms with Crippen LogP contribution < -0.4 is 10.0 Å². The van der Waals surface area contributed by atoms with E-state index in [1.54, 1.807) is 6.07 Å². The van der Waals surface area contributed by atoms with Gasteiger partial charge >= 0.3 is 0 Å². The molecule has 0 spiro atoms. The summed E-state index contributed by atoms with van der Waals surface area (Å²) in [5.41, 5.74) is 8.89. The van der Waals surface area contributed by atoms with E-state index in [-0.39, 0.29) is 12.0 Å². The van der Waals surface area contributed by atoms with Crippen LogP contribution in [0.4, 0.5) is 5.69 Å². The molecule has 4 rings (SSSR count).